The highest BCUT2D eigenvalue weighted by Crippen LogP contribution is 2.30. The van der Waals surface area contributed by atoms with Crippen LogP contribution in [0.25, 0.3) is 10.9 Å². The Morgan fingerprint density at radius 2 is 2.10 bits per heavy atom. The third-order valence-electron chi connectivity index (χ3n) is 6.39. The third-order valence-corrected chi connectivity index (χ3v) is 6.39. The Bertz CT molecular complexity index is 1110. The maximum Gasteiger partial charge on any atom is 0.253 e. The number of hydrogen-bond donors (Lipinski definition) is 2. The first-order chi connectivity index (χ1) is 15.1. The van der Waals surface area contributed by atoms with Gasteiger partial charge in [-0.3, -0.25) is 9.69 Å². The van der Waals surface area contributed by atoms with Gasteiger partial charge in [-0.15, -0.1) is 5.10 Å². The Morgan fingerprint density at radius 3 is 2.87 bits per heavy atom. The van der Waals surface area contributed by atoms with Crippen LogP contribution < -0.4 is 5.56 Å². The lowest BCUT2D eigenvalue weighted by atomic mass is 9.99. The van der Waals surface area contributed by atoms with Crippen molar-refractivity contribution in [2.75, 3.05) is 19.7 Å². The molecule has 164 valence electrons. The van der Waals surface area contributed by atoms with E-state index in [1.807, 2.05) is 25.1 Å². The summed E-state index contributed by atoms with van der Waals surface area (Å²) < 4.78 is 7.57. The molecular weight excluding hydrogens is 396 g/mol. The Morgan fingerprint density at radius 1 is 1.26 bits per heavy atom. The van der Waals surface area contributed by atoms with E-state index in [2.05, 4.69) is 31.5 Å². The summed E-state index contributed by atoms with van der Waals surface area (Å²) in [5, 5.41) is 23.5. The van der Waals surface area contributed by atoms with Crippen LogP contribution in [0.1, 0.15) is 48.7 Å². The molecule has 0 bridgehead atoms. The zero-order valence-corrected chi connectivity index (χ0v) is 17.7. The third kappa shape index (κ3) is 4.13. The number of ether oxygens (including phenoxy) is 1. The second-order valence-electron chi connectivity index (χ2n) is 8.67. The minimum atomic E-state index is -0.391. The number of nitrogens with one attached hydrogen (secondary N) is 1. The number of piperidine rings is 1. The number of aromatic nitrogens is 5. The summed E-state index contributed by atoms with van der Waals surface area (Å²) in [5.41, 5.74) is 2.43. The Kier molecular flexibility index (Phi) is 5.56. The van der Waals surface area contributed by atoms with E-state index in [-0.39, 0.29) is 17.8 Å². The fraction of sp³-hybridized carbons (Fsp3) is 0.545. The number of fused-ring (bicyclic) bond motifs is 1. The lowest BCUT2D eigenvalue weighted by Crippen LogP contribution is -2.42. The van der Waals surface area contributed by atoms with Crippen LogP contribution in [0.2, 0.25) is 0 Å². The van der Waals surface area contributed by atoms with Crippen LogP contribution in [-0.2, 0) is 11.3 Å². The van der Waals surface area contributed by atoms with Gasteiger partial charge in [-0.25, -0.2) is 4.68 Å². The highest BCUT2D eigenvalue weighted by molar-refractivity contribution is 5.79. The minimum absolute atomic E-state index is 0.0867. The van der Waals surface area contributed by atoms with Gasteiger partial charge >= 0.3 is 0 Å². The molecule has 0 aliphatic carbocycles. The average Bonchev–Trinajstić information content (AvgIpc) is 3.43. The predicted molar refractivity (Wildman–Crippen MR) is 115 cm³/mol. The Hall–Kier alpha value is -2.62. The summed E-state index contributed by atoms with van der Waals surface area (Å²) in [5.74, 6) is 0.643. The van der Waals surface area contributed by atoms with Crippen molar-refractivity contribution in [1.29, 1.82) is 0 Å². The Labute approximate surface area is 180 Å². The number of aliphatic hydroxyl groups is 1. The normalized spacial score (nSPS) is 21.7. The van der Waals surface area contributed by atoms with E-state index in [9.17, 15) is 9.90 Å². The molecule has 2 aliphatic rings. The van der Waals surface area contributed by atoms with Crippen molar-refractivity contribution < 1.29 is 9.84 Å². The number of aromatic amines is 1. The maximum atomic E-state index is 13.2. The van der Waals surface area contributed by atoms with E-state index in [0.29, 0.717) is 43.9 Å². The molecule has 31 heavy (non-hydrogen) atoms. The van der Waals surface area contributed by atoms with E-state index < -0.39 is 6.04 Å². The van der Waals surface area contributed by atoms with Gasteiger partial charge in [0.15, 0.2) is 5.82 Å². The number of benzene rings is 1. The molecule has 3 aromatic rings. The number of pyridine rings is 1. The van der Waals surface area contributed by atoms with Crippen LogP contribution in [0.15, 0.2) is 29.1 Å². The van der Waals surface area contributed by atoms with Gasteiger partial charge < -0.3 is 14.8 Å². The standard InChI is InChI=1S/C22H28N6O3/c1-14-4-5-19-15(11-14)12-18(22(30)23-19)20(27-8-6-16(29)7-9-27)21-24-25-26-28(21)13-17-3-2-10-31-17/h4-5,11-12,16-17,20,29H,2-3,6-10,13H2,1H3,(H,23,30)/t17-,20-/m1/s1. The summed E-state index contributed by atoms with van der Waals surface area (Å²) in [7, 11) is 0. The van der Waals surface area contributed by atoms with Crippen molar-refractivity contribution >= 4 is 10.9 Å². The molecule has 2 saturated heterocycles. The number of H-pyrrole nitrogens is 1. The zero-order chi connectivity index (χ0) is 21.4. The summed E-state index contributed by atoms with van der Waals surface area (Å²) in [6.45, 7) is 4.71. The molecule has 0 unspecified atom stereocenters. The number of tetrazole rings is 1. The molecule has 9 nitrogen and oxygen atoms in total. The second-order valence-corrected chi connectivity index (χ2v) is 8.67. The monoisotopic (exact) mass is 424 g/mol. The molecule has 0 saturated carbocycles. The molecule has 2 N–H and O–H groups in total. The summed E-state index contributed by atoms with van der Waals surface area (Å²) >= 11 is 0. The lowest BCUT2D eigenvalue weighted by Gasteiger charge is -2.35. The minimum Gasteiger partial charge on any atom is -0.393 e. The van der Waals surface area contributed by atoms with E-state index in [1.54, 1.807) is 4.68 Å². The predicted octanol–water partition coefficient (Wildman–Crippen LogP) is 1.55. The maximum absolute atomic E-state index is 13.2. The highest BCUT2D eigenvalue weighted by atomic mass is 16.5. The number of likely N-dealkylation sites (tertiary alicyclic amines) is 1. The van der Waals surface area contributed by atoms with Crippen LogP contribution in [0.5, 0.6) is 0 Å². The zero-order valence-electron chi connectivity index (χ0n) is 17.7. The summed E-state index contributed by atoms with van der Waals surface area (Å²) in [4.78, 5) is 18.4. The van der Waals surface area contributed by atoms with Gasteiger partial charge in [-0.05, 0) is 66.6 Å². The molecule has 2 fully saturated rings. The molecule has 5 rings (SSSR count). The van der Waals surface area contributed by atoms with Crippen LogP contribution in [0.3, 0.4) is 0 Å². The van der Waals surface area contributed by atoms with Gasteiger partial charge in [0.05, 0.1) is 18.8 Å². The van der Waals surface area contributed by atoms with Crippen molar-refractivity contribution in [3.8, 4) is 0 Å². The average molecular weight is 425 g/mol. The fourth-order valence-corrected chi connectivity index (χ4v) is 4.71. The molecule has 0 radical (unpaired) electrons. The molecule has 1 aromatic carbocycles. The summed E-state index contributed by atoms with van der Waals surface area (Å²) in [6.07, 6.45) is 3.12. The molecule has 2 atom stereocenters. The molecule has 0 spiro atoms. The number of nitrogens with zero attached hydrogens (tertiary/aromatic N) is 5. The number of hydrogen-bond acceptors (Lipinski definition) is 7. The first kappa shape index (κ1) is 20.3. The van der Waals surface area contributed by atoms with Gasteiger partial charge in [0, 0.05) is 30.8 Å². The topological polar surface area (TPSA) is 109 Å². The number of aliphatic hydroxyl groups excluding tert-OH is 1. The van der Waals surface area contributed by atoms with Gasteiger partial charge in [0.25, 0.3) is 5.56 Å². The van der Waals surface area contributed by atoms with Crippen molar-refractivity contribution in [1.82, 2.24) is 30.1 Å². The van der Waals surface area contributed by atoms with Crippen molar-refractivity contribution in [3.63, 3.8) is 0 Å². The van der Waals surface area contributed by atoms with Crippen molar-refractivity contribution in [2.24, 2.45) is 0 Å². The van der Waals surface area contributed by atoms with Gasteiger partial charge in [-0.1, -0.05) is 11.6 Å². The molecule has 0 amide bonds. The van der Waals surface area contributed by atoms with E-state index in [1.165, 1.54) is 0 Å². The van der Waals surface area contributed by atoms with Gasteiger partial charge in [-0.2, -0.15) is 0 Å². The number of aryl methyl sites for hydroxylation is 1. The van der Waals surface area contributed by atoms with E-state index in [0.717, 1.165) is 35.9 Å². The van der Waals surface area contributed by atoms with Crippen molar-refractivity contribution in [3.05, 3.63) is 51.6 Å². The highest BCUT2D eigenvalue weighted by Gasteiger charge is 2.33. The van der Waals surface area contributed by atoms with Crippen molar-refractivity contribution in [2.45, 2.75) is 57.4 Å². The van der Waals surface area contributed by atoms with Crippen LogP contribution in [-0.4, -0.2) is 67.1 Å². The quantitative estimate of drug-likeness (QED) is 0.639. The van der Waals surface area contributed by atoms with Crippen LogP contribution >= 0.6 is 0 Å². The van der Waals surface area contributed by atoms with Crippen LogP contribution in [0, 0.1) is 6.92 Å². The molecule has 2 aliphatic heterocycles. The molecule has 2 aromatic heterocycles. The van der Waals surface area contributed by atoms with E-state index >= 15 is 0 Å². The Balaban J connectivity index is 1.59. The second kappa shape index (κ2) is 8.49. The first-order valence-electron chi connectivity index (χ1n) is 11.0. The van der Waals surface area contributed by atoms with Crippen LogP contribution in [0.4, 0.5) is 0 Å². The largest absolute Gasteiger partial charge is 0.393 e. The van der Waals surface area contributed by atoms with Gasteiger partial charge in [0.1, 0.15) is 6.04 Å². The number of rotatable bonds is 5. The smallest absolute Gasteiger partial charge is 0.253 e. The fourth-order valence-electron chi connectivity index (χ4n) is 4.71. The first-order valence-corrected chi connectivity index (χ1v) is 11.0. The molecule has 9 heteroatoms. The lowest BCUT2D eigenvalue weighted by molar-refractivity contribution is 0.0632. The summed E-state index contributed by atoms with van der Waals surface area (Å²) in [6, 6.07) is 7.56. The molecule has 4 heterocycles. The van der Waals surface area contributed by atoms with E-state index in [4.69, 9.17) is 4.74 Å². The van der Waals surface area contributed by atoms with Gasteiger partial charge in [0.2, 0.25) is 0 Å². The molecular formula is C22H28N6O3. The SMILES string of the molecule is Cc1ccc2[nH]c(=O)c([C@H](c3nnnn3C[C@H]3CCCO3)N3CCC(O)CC3)cc2c1.